The number of nitrogens with zero attached hydrogens (tertiary/aromatic N) is 4. The highest BCUT2D eigenvalue weighted by Crippen LogP contribution is 2.36. The number of fused-ring (bicyclic) bond motifs is 1. The number of pyridine rings is 1. The molecule has 0 unspecified atom stereocenters. The first-order valence-corrected chi connectivity index (χ1v) is 8.33. The van der Waals surface area contributed by atoms with Crippen LogP contribution in [0.1, 0.15) is 5.69 Å². The first kappa shape index (κ1) is 16.7. The fourth-order valence-electron chi connectivity index (χ4n) is 2.53. The van der Waals surface area contributed by atoms with E-state index in [0.717, 1.165) is 5.69 Å². The summed E-state index contributed by atoms with van der Waals surface area (Å²) >= 11 is 12.3. The quantitative estimate of drug-likeness (QED) is 0.487. The summed E-state index contributed by atoms with van der Waals surface area (Å²) in [5, 5.41) is 3.31. The minimum Gasteiger partial charge on any atom is -0.338 e. The van der Waals surface area contributed by atoms with Crippen molar-refractivity contribution in [2.45, 2.75) is 6.92 Å². The van der Waals surface area contributed by atoms with Gasteiger partial charge in [0.2, 0.25) is 0 Å². The Labute approximate surface area is 157 Å². The van der Waals surface area contributed by atoms with E-state index in [4.69, 9.17) is 23.2 Å². The lowest BCUT2D eigenvalue weighted by atomic mass is 10.2. The number of aryl methyl sites for hydroxylation is 1. The molecule has 0 atom stereocenters. The van der Waals surface area contributed by atoms with E-state index < -0.39 is 5.82 Å². The molecule has 0 saturated carbocycles. The smallest absolute Gasteiger partial charge is 0.159 e. The van der Waals surface area contributed by atoms with Crippen molar-refractivity contribution >= 4 is 45.9 Å². The van der Waals surface area contributed by atoms with Gasteiger partial charge in [-0.2, -0.15) is 0 Å². The summed E-state index contributed by atoms with van der Waals surface area (Å²) in [6.07, 6.45) is 3.08. The maximum absolute atomic E-state index is 13.8. The summed E-state index contributed by atoms with van der Waals surface area (Å²) in [4.78, 5) is 20.1. The summed E-state index contributed by atoms with van der Waals surface area (Å²) in [5.41, 5.74) is 2.36. The Morgan fingerprint density at radius 1 is 1.12 bits per heavy atom. The Bertz CT molecular complexity index is 1130. The second-order valence-corrected chi connectivity index (χ2v) is 6.31. The Morgan fingerprint density at radius 3 is 2.77 bits per heavy atom. The monoisotopic (exact) mass is 388 g/mol. The van der Waals surface area contributed by atoms with Crippen molar-refractivity contribution in [2.75, 3.05) is 5.32 Å². The molecule has 0 saturated heterocycles. The summed E-state index contributed by atoms with van der Waals surface area (Å²) in [7, 11) is 0. The molecule has 9 heteroatoms. The van der Waals surface area contributed by atoms with Crippen LogP contribution < -0.4 is 5.32 Å². The number of rotatable bonds is 3. The highest BCUT2D eigenvalue weighted by atomic mass is 35.5. The molecular formula is C17H11Cl2FN6. The topological polar surface area (TPSA) is 79.4 Å². The normalized spacial score (nSPS) is 11.1. The lowest BCUT2D eigenvalue weighted by molar-refractivity contribution is 0.628. The summed E-state index contributed by atoms with van der Waals surface area (Å²) < 4.78 is 13.8. The number of aromatic nitrogens is 5. The van der Waals surface area contributed by atoms with Gasteiger partial charge in [0.1, 0.15) is 29.3 Å². The third-order valence-corrected chi connectivity index (χ3v) is 4.42. The fourth-order valence-corrected chi connectivity index (χ4v) is 3.08. The van der Waals surface area contributed by atoms with E-state index in [2.05, 4.69) is 30.2 Å². The third kappa shape index (κ3) is 2.95. The van der Waals surface area contributed by atoms with Gasteiger partial charge in [-0.3, -0.25) is 0 Å². The molecule has 26 heavy (non-hydrogen) atoms. The SMILES string of the molecule is Cc1cc(Nc2nccc3[nH]c(-c4c(Cl)ccc(F)c4Cl)nc23)ncn1. The van der Waals surface area contributed by atoms with Crippen molar-refractivity contribution in [1.82, 2.24) is 24.9 Å². The Morgan fingerprint density at radius 2 is 1.96 bits per heavy atom. The maximum atomic E-state index is 13.8. The zero-order chi connectivity index (χ0) is 18.3. The predicted octanol–water partition coefficient (Wildman–Crippen LogP) is 4.91. The number of imidazole rings is 1. The van der Waals surface area contributed by atoms with Crippen LogP contribution >= 0.6 is 23.2 Å². The first-order chi connectivity index (χ1) is 12.5. The number of hydrogen-bond acceptors (Lipinski definition) is 5. The van der Waals surface area contributed by atoms with Crippen LogP contribution in [0.3, 0.4) is 0 Å². The largest absolute Gasteiger partial charge is 0.338 e. The molecule has 4 rings (SSSR count). The van der Waals surface area contributed by atoms with Gasteiger partial charge in [0.15, 0.2) is 5.82 Å². The van der Waals surface area contributed by atoms with Gasteiger partial charge in [-0.05, 0) is 25.1 Å². The van der Waals surface area contributed by atoms with Gasteiger partial charge in [-0.1, -0.05) is 23.2 Å². The van der Waals surface area contributed by atoms with Gasteiger partial charge in [0.05, 0.1) is 21.1 Å². The predicted molar refractivity (Wildman–Crippen MR) is 99.4 cm³/mol. The standard InChI is InChI=1S/C17H11Cl2FN6/c1-8-6-12(23-7-22-8)25-17-15-11(4-5-21-17)24-16(26-15)13-9(18)2-3-10(20)14(13)19/h2-7H,1H3,(H,24,26)(H,21,22,23,25). The highest BCUT2D eigenvalue weighted by Gasteiger charge is 2.18. The Kier molecular flexibility index (Phi) is 4.18. The van der Waals surface area contributed by atoms with E-state index in [9.17, 15) is 4.39 Å². The second-order valence-electron chi connectivity index (χ2n) is 5.53. The van der Waals surface area contributed by atoms with Gasteiger partial charge < -0.3 is 10.3 Å². The van der Waals surface area contributed by atoms with Crippen LogP contribution in [0.4, 0.5) is 16.0 Å². The molecule has 6 nitrogen and oxygen atoms in total. The number of nitrogens with one attached hydrogen (secondary N) is 2. The van der Waals surface area contributed by atoms with E-state index in [1.54, 1.807) is 18.3 Å². The van der Waals surface area contributed by atoms with E-state index in [0.29, 0.717) is 39.1 Å². The highest BCUT2D eigenvalue weighted by molar-refractivity contribution is 6.39. The molecule has 0 amide bonds. The third-order valence-electron chi connectivity index (χ3n) is 3.73. The second kappa shape index (κ2) is 6.51. The minimum atomic E-state index is -0.570. The lowest BCUT2D eigenvalue weighted by Gasteiger charge is -2.05. The molecule has 3 aromatic heterocycles. The van der Waals surface area contributed by atoms with E-state index in [1.165, 1.54) is 18.5 Å². The molecule has 3 heterocycles. The molecule has 4 aromatic rings. The number of anilines is 2. The molecule has 0 aliphatic rings. The van der Waals surface area contributed by atoms with Crippen LogP contribution in [0.25, 0.3) is 22.4 Å². The van der Waals surface area contributed by atoms with Crippen molar-refractivity contribution in [3.8, 4) is 11.4 Å². The number of H-pyrrole nitrogens is 1. The molecule has 0 spiro atoms. The molecule has 130 valence electrons. The zero-order valence-corrected chi connectivity index (χ0v) is 14.9. The van der Waals surface area contributed by atoms with Crippen LogP contribution in [0.2, 0.25) is 10.0 Å². The van der Waals surface area contributed by atoms with Crippen molar-refractivity contribution in [3.63, 3.8) is 0 Å². The van der Waals surface area contributed by atoms with Gasteiger partial charge >= 0.3 is 0 Å². The van der Waals surface area contributed by atoms with Gasteiger partial charge in [-0.25, -0.2) is 24.3 Å². The van der Waals surface area contributed by atoms with Crippen LogP contribution in [0, 0.1) is 12.7 Å². The number of benzene rings is 1. The molecule has 0 aliphatic carbocycles. The van der Waals surface area contributed by atoms with Gasteiger partial charge in [0, 0.05) is 18.0 Å². The Hall–Kier alpha value is -2.77. The zero-order valence-electron chi connectivity index (χ0n) is 13.4. The molecule has 0 aliphatic heterocycles. The summed E-state index contributed by atoms with van der Waals surface area (Å²) in [6.45, 7) is 1.86. The van der Waals surface area contributed by atoms with E-state index in [1.807, 2.05) is 6.92 Å². The van der Waals surface area contributed by atoms with Crippen LogP contribution in [-0.2, 0) is 0 Å². The van der Waals surface area contributed by atoms with Crippen molar-refractivity contribution in [1.29, 1.82) is 0 Å². The Balaban J connectivity index is 1.83. The van der Waals surface area contributed by atoms with Gasteiger partial charge in [-0.15, -0.1) is 0 Å². The number of hydrogen-bond donors (Lipinski definition) is 2. The average Bonchev–Trinajstić information content (AvgIpc) is 3.03. The molecule has 0 radical (unpaired) electrons. The summed E-state index contributed by atoms with van der Waals surface area (Å²) in [6, 6.07) is 6.19. The van der Waals surface area contributed by atoms with Crippen molar-refractivity contribution < 1.29 is 4.39 Å². The van der Waals surface area contributed by atoms with Crippen molar-refractivity contribution in [3.05, 3.63) is 58.3 Å². The first-order valence-electron chi connectivity index (χ1n) is 7.57. The molecule has 0 fully saturated rings. The van der Waals surface area contributed by atoms with E-state index >= 15 is 0 Å². The minimum absolute atomic E-state index is 0.0922. The van der Waals surface area contributed by atoms with E-state index in [-0.39, 0.29) is 5.02 Å². The molecule has 1 aromatic carbocycles. The van der Waals surface area contributed by atoms with Crippen LogP contribution in [-0.4, -0.2) is 24.9 Å². The molecule has 2 N–H and O–H groups in total. The van der Waals surface area contributed by atoms with Crippen molar-refractivity contribution in [2.24, 2.45) is 0 Å². The number of aromatic amines is 1. The lowest BCUT2D eigenvalue weighted by Crippen LogP contribution is -1.98. The van der Waals surface area contributed by atoms with Crippen LogP contribution in [0.15, 0.2) is 36.8 Å². The molecule has 0 bridgehead atoms. The van der Waals surface area contributed by atoms with Gasteiger partial charge in [0.25, 0.3) is 0 Å². The summed E-state index contributed by atoms with van der Waals surface area (Å²) in [5.74, 6) is 0.861. The maximum Gasteiger partial charge on any atom is 0.159 e. The average molecular weight is 389 g/mol. The molecular weight excluding hydrogens is 378 g/mol. The fraction of sp³-hybridized carbons (Fsp3) is 0.0588. The van der Waals surface area contributed by atoms with Crippen LogP contribution in [0.5, 0.6) is 0 Å². The number of halogens is 3.